The summed E-state index contributed by atoms with van der Waals surface area (Å²) in [6.45, 7) is -0.433. The van der Waals surface area contributed by atoms with E-state index in [1.54, 1.807) is 0 Å². The second-order valence-electron chi connectivity index (χ2n) is 6.59. The summed E-state index contributed by atoms with van der Waals surface area (Å²) in [5.41, 5.74) is -0.862. The first-order valence-electron chi connectivity index (χ1n) is 7.76. The van der Waals surface area contributed by atoms with E-state index in [0.29, 0.717) is 25.7 Å². The van der Waals surface area contributed by atoms with Crippen molar-refractivity contribution in [3.63, 3.8) is 0 Å². The van der Waals surface area contributed by atoms with Gasteiger partial charge in [0.1, 0.15) is 6.67 Å². The average molecular weight is 337 g/mol. The Balaban J connectivity index is 1.64. The Morgan fingerprint density at radius 1 is 1.17 bits per heavy atom. The molecule has 2 atom stereocenters. The van der Waals surface area contributed by atoms with Crippen LogP contribution in [0, 0.1) is 0 Å². The van der Waals surface area contributed by atoms with Gasteiger partial charge in [0.05, 0.1) is 11.6 Å². The molecule has 1 N–H and O–H groups in total. The van der Waals surface area contributed by atoms with E-state index in [4.69, 9.17) is 0 Å². The van der Waals surface area contributed by atoms with Gasteiger partial charge in [0.15, 0.2) is 0 Å². The zero-order valence-corrected chi connectivity index (χ0v) is 12.5. The highest BCUT2D eigenvalue weighted by Gasteiger charge is 2.58. The van der Waals surface area contributed by atoms with Gasteiger partial charge in [-0.2, -0.15) is 13.2 Å². The highest BCUT2D eigenvalue weighted by Crippen LogP contribution is 2.45. The highest BCUT2D eigenvalue weighted by atomic mass is 19.4. The summed E-state index contributed by atoms with van der Waals surface area (Å²) in [6, 6.07) is -0.802. The van der Waals surface area contributed by atoms with Crippen molar-refractivity contribution in [3.05, 3.63) is 0 Å². The lowest BCUT2D eigenvalue weighted by Crippen LogP contribution is -2.62. The predicted octanol–water partition coefficient (Wildman–Crippen LogP) is 0.842. The van der Waals surface area contributed by atoms with Crippen LogP contribution in [0.1, 0.15) is 25.7 Å². The van der Waals surface area contributed by atoms with Crippen LogP contribution in [0.4, 0.5) is 17.6 Å². The predicted molar refractivity (Wildman–Crippen MR) is 72.2 cm³/mol. The molecule has 130 valence electrons. The average Bonchev–Trinajstić information content (AvgIpc) is 3.10. The summed E-state index contributed by atoms with van der Waals surface area (Å²) >= 11 is 0. The summed E-state index contributed by atoms with van der Waals surface area (Å²) in [7, 11) is 0. The van der Waals surface area contributed by atoms with Crippen LogP contribution in [0.3, 0.4) is 0 Å². The minimum Gasteiger partial charge on any atom is -0.337 e. The van der Waals surface area contributed by atoms with E-state index >= 15 is 0 Å². The molecule has 2 saturated heterocycles. The number of carbonyl (C=O) groups is 2. The normalized spacial score (nSPS) is 29.9. The molecule has 1 aliphatic carbocycles. The molecule has 0 unspecified atom stereocenters. The minimum atomic E-state index is -4.89. The van der Waals surface area contributed by atoms with Gasteiger partial charge in [-0.1, -0.05) is 0 Å². The molecule has 0 bridgehead atoms. The molecule has 0 radical (unpaired) electrons. The molecule has 2 heterocycles. The van der Waals surface area contributed by atoms with E-state index in [2.05, 4.69) is 5.32 Å². The molecule has 0 aromatic rings. The summed E-state index contributed by atoms with van der Waals surface area (Å²) in [6.07, 6.45) is -2.83. The second kappa shape index (κ2) is 5.61. The SMILES string of the molecule is O=C([C@H]1CC[C@@H](CF)N1)N1CCN(C(=O)C(F)(F)F)C2(CC2)C1. The molecule has 1 saturated carbocycles. The van der Waals surface area contributed by atoms with Crippen molar-refractivity contribution >= 4 is 11.8 Å². The molecular formula is C14H19F4N3O2. The van der Waals surface area contributed by atoms with E-state index in [9.17, 15) is 27.2 Å². The number of piperazine rings is 1. The molecule has 1 spiro atoms. The molecule has 5 nitrogen and oxygen atoms in total. The minimum absolute atomic E-state index is 0.0842. The van der Waals surface area contributed by atoms with Crippen LogP contribution in [0.5, 0.6) is 0 Å². The van der Waals surface area contributed by atoms with Gasteiger partial charge in [-0.25, -0.2) is 4.39 Å². The van der Waals surface area contributed by atoms with Crippen LogP contribution in [-0.4, -0.2) is 71.7 Å². The number of alkyl halides is 4. The number of hydrogen-bond acceptors (Lipinski definition) is 3. The summed E-state index contributed by atoms with van der Waals surface area (Å²) < 4.78 is 50.6. The fraction of sp³-hybridized carbons (Fsp3) is 0.857. The van der Waals surface area contributed by atoms with Crippen molar-refractivity contribution in [2.75, 3.05) is 26.3 Å². The van der Waals surface area contributed by atoms with Crippen LogP contribution in [0.15, 0.2) is 0 Å². The fourth-order valence-corrected chi connectivity index (χ4v) is 3.56. The van der Waals surface area contributed by atoms with Crippen LogP contribution in [0.25, 0.3) is 0 Å². The van der Waals surface area contributed by atoms with Gasteiger partial charge in [0.25, 0.3) is 0 Å². The van der Waals surface area contributed by atoms with Crippen molar-refractivity contribution in [2.45, 2.75) is 49.5 Å². The van der Waals surface area contributed by atoms with Crippen molar-refractivity contribution in [1.29, 1.82) is 0 Å². The molecule has 9 heteroatoms. The molecule has 0 aromatic heterocycles. The van der Waals surface area contributed by atoms with Gasteiger partial charge in [-0.15, -0.1) is 0 Å². The number of nitrogens with one attached hydrogen (secondary N) is 1. The number of nitrogens with zero attached hydrogens (tertiary/aromatic N) is 2. The van der Waals surface area contributed by atoms with Gasteiger partial charge in [-0.05, 0) is 25.7 Å². The highest BCUT2D eigenvalue weighted by molar-refractivity contribution is 5.85. The molecule has 0 aromatic carbocycles. The Hall–Kier alpha value is -1.38. The lowest BCUT2D eigenvalue weighted by Gasteiger charge is -2.43. The second-order valence-corrected chi connectivity index (χ2v) is 6.59. The van der Waals surface area contributed by atoms with E-state index in [-0.39, 0.29) is 31.6 Å². The number of rotatable bonds is 2. The van der Waals surface area contributed by atoms with Crippen molar-refractivity contribution in [1.82, 2.24) is 15.1 Å². The summed E-state index contributed by atoms with van der Waals surface area (Å²) in [5, 5.41) is 2.92. The first-order valence-corrected chi connectivity index (χ1v) is 7.76. The van der Waals surface area contributed by atoms with Crippen LogP contribution in [-0.2, 0) is 9.59 Å². The fourth-order valence-electron chi connectivity index (χ4n) is 3.56. The summed E-state index contributed by atoms with van der Waals surface area (Å²) in [5.74, 6) is -2.02. The van der Waals surface area contributed by atoms with Crippen molar-refractivity contribution in [3.8, 4) is 0 Å². The zero-order valence-electron chi connectivity index (χ0n) is 12.5. The Morgan fingerprint density at radius 2 is 1.87 bits per heavy atom. The Morgan fingerprint density at radius 3 is 2.39 bits per heavy atom. The van der Waals surface area contributed by atoms with E-state index < -0.39 is 30.3 Å². The maximum Gasteiger partial charge on any atom is 0.471 e. The first-order chi connectivity index (χ1) is 10.8. The number of amides is 2. The molecular weight excluding hydrogens is 318 g/mol. The Kier molecular flexibility index (Phi) is 4.02. The largest absolute Gasteiger partial charge is 0.471 e. The standard InChI is InChI=1S/C14H19F4N3O2/c15-7-9-1-2-10(19-9)11(22)20-5-6-21(12(23)14(16,17)18)13(8-20)3-4-13/h9-10,19H,1-8H2/t9-,10+/m0/s1. The number of carbonyl (C=O) groups excluding carboxylic acids is 2. The van der Waals surface area contributed by atoms with Gasteiger partial charge >= 0.3 is 12.1 Å². The third kappa shape index (κ3) is 3.02. The molecule has 2 amide bonds. The van der Waals surface area contributed by atoms with Gasteiger partial charge < -0.3 is 15.1 Å². The quantitative estimate of drug-likeness (QED) is 0.760. The molecule has 2 aliphatic heterocycles. The molecule has 3 rings (SSSR count). The van der Waals surface area contributed by atoms with Crippen molar-refractivity contribution in [2.24, 2.45) is 0 Å². The Labute approximate surface area is 131 Å². The monoisotopic (exact) mass is 337 g/mol. The van der Waals surface area contributed by atoms with Crippen LogP contribution < -0.4 is 5.32 Å². The van der Waals surface area contributed by atoms with E-state index in [0.717, 1.165) is 4.90 Å². The van der Waals surface area contributed by atoms with Crippen LogP contribution >= 0.6 is 0 Å². The molecule has 3 aliphatic rings. The number of hydrogen-bond donors (Lipinski definition) is 1. The Bertz CT molecular complexity index is 507. The van der Waals surface area contributed by atoms with E-state index in [1.807, 2.05) is 0 Å². The first kappa shape index (κ1) is 16.5. The molecule has 3 fully saturated rings. The van der Waals surface area contributed by atoms with E-state index in [1.165, 1.54) is 4.90 Å². The third-order valence-electron chi connectivity index (χ3n) is 5.00. The maximum atomic E-state index is 12.7. The topological polar surface area (TPSA) is 52.7 Å². The van der Waals surface area contributed by atoms with Gasteiger partial charge in [0.2, 0.25) is 5.91 Å². The lowest BCUT2D eigenvalue weighted by molar-refractivity contribution is -0.191. The zero-order chi connectivity index (χ0) is 16.8. The number of halogens is 4. The molecule has 23 heavy (non-hydrogen) atoms. The van der Waals surface area contributed by atoms with Crippen LogP contribution in [0.2, 0.25) is 0 Å². The maximum absolute atomic E-state index is 12.7. The van der Waals surface area contributed by atoms with Gasteiger partial charge in [-0.3, -0.25) is 9.59 Å². The van der Waals surface area contributed by atoms with Gasteiger partial charge in [0, 0.05) is 25.7 Å². The lowest BCUT2D eigenvalue weighted by atomic mass is 10.1. The van der Waals surface area contributed by atoms with Crippen molar-refractivity contribution < 1.29 is 27.2 Å². The smallest absolute Gasteiger partial charge is 0.337 e. The summed E-state index contributed by atoms with van der Waals surface area (Å²) in [4.78, 5) is 26.4. The third-order valence-corrected chi connectivity index (χ3v) is 5.00.